The first-order valence-corrected chi connectivity index (χ1v) is 5.58. The van der Waals surface area contributed by atoms with Gasteiger partial charge in [0.2, 0.25) is 0 Å². The highest BCUT2D eigenvalue weighted by Crippen LogP contribution is 2.29. The van der Waals surface area contributed by atoms with Gasteiger partial charge in [-0.1, -0.05) is 34.8 Å². The minimum atomic E-state index is -1.95. The molecule has 1 rings (SSSR count). The van der Waals surface area contributed by atoms with Gasteiger partial charge in [-0.25, -0.2) is 4.98 Å². The summed E-state index contributed by atoms with van der Waals surface area (Å²) < 4.78 is -1.95. The van der Waals surface area contributed by atoms with Crippen LogP contribution in [0.25, 0.3) is 0 Å². The molecule has 0 unspecified atom stereocenters. The van der Waals surface area contributed by atoms with Gasteiger partial charge in [0.1, 0.15) is 0 Å². The van der Waals surface area contributed by atoms with Crippen molar-refractivity contribution in [1.29, 1.82) is 0 Å². The van der Waals surface area contributed by atoms with Crippen LogP contribution in [0.15, 0.2) is 0 Å². The molecule has 0 saturated carbocycles. The second-order valence-electron chi connectivity index (χ2n) is 2.61. The topological polar surface area (TPSA) is 42.0 Å². The molecule has 14 heavy (non-hydrogen) atoms. The Hall–Kier alpha value is -0.0300. The summed E-state index contributed by atoms with van der Waals surface area (Å²) in [4.78, 5) is 16.3. The summed E-state index contributed by atoms with van der Waals surface area (Å²) in [5.41, 5.74) is 0.856. The van der Waals surface area contributed by atoms with Gasteiger partial charge in [0.05, 0.1) is 5.69 Å². The standard InChI is InChI=1S/C7H7Cl3N2OS/c1-3-4(2)14-6(11-3)12-5(13)7(8,9)10/h1-2H3,(H,11,12,13). The summed E-state index contributed by atoms with van der Waals surface area (Å²) in [5.74, 6) is -0.698. The first kappa shape index (κ1) is 12.0. The molecule has 0 aromatic carbocycles. The van der Waals surface area contributed by atoms with Crippen molar-refractivity contribution in [2.45, 2.75) is 17.6 Å². The first-order chi connectivity index (χ1) is 6.30. The number of halogens is 3. The van der Waals surface area contributed by atoms with Crippen LogP contribution in [0.2, 0.25) is 0 Å². The third-order valence-corrected chi connectivity index (χ3v) is 3.01. The van der Waals surface area contributed by atoms with E-state index >= 15 is 0 Å². The number of thiazole rings is 1. The lowest BCUT2D eigenvalue weighted by Crippen LogP contribution is -2.26. The number of hydrogen-bond acceptors (Lipinski definition) is 3. The SMILES string of the molecule is Cc1nc(NC(=O)C(Cl)(Cl)Cl)sc1C. The summed E-state index contributed by atoms with van der Waals surface area (Å²) in [7, 11) is 0. The zero-order chi connectivity index (χ0) is 10.9. The third-order valence-electron chi connectivity index (χ3n) is 1.51. The van der Waals surface area contributed by atoms with Crippen LogP contribution >= 0.6 is 46.1 Å². The minimum Gasteiger partial charge on any atom is -0.298 e. The molecule has 0 aliphatic carbocycles. The molecule has 7 heteroatoms. The predicted molar refractivity (Wildman–Crippen MR) is 60.5 cm³/mol. The van der Waals surface area contributed by atoms with Crippen molar-refractivity contribution in [3.63, 3.8) is 0 Å². The van der Waals surface area contributed by atoms with E-state index in [1.807, 2.05) is 13.8 Å². The second kappa shape index (κ2) is 4.23. The van der Waals surface area contributed by atoms with E-state index in [0.717, 1.165) is 10.6 Å². The van der Waals surface area contributed by atoms with Crippen LogP contribution in [0.3, 0.4) is 0 Å². The number of hydrogen-bond donors (Lipinski definition) is 1. The van der Waals surface area contributed by atoms with Crippen molar-refractivity contribution in [3.8, 4) is 0 Å². The van der Waals surface area contributed by atoms with Gasteiger partial charge in [-0.05, 0) is 13.8 Å². The average Bonchev–Trinajstić information content (AvgIpc) is 2.29. The molecule has 0 aliphatic heterocycles. The van der Waals surface area contributed by atoms with E-state index < -0.39 is 9.70 Å². The van der Waals surface area contributed by atoms with Gasteiger partial charge in [0.15, 0.2) is 5.13 Å². The fourth-order valence-corrected chi connectivity index (χ4v) is 1.65. The molecule has 1 N–H and O–H groups in total. The van der Waals surface area contributed by atoms with Gasteiger partial charge < -0.3 is 0 Å². The number of rotatable bonds is 1. The Morgan fingerprint density at radius 3 is 2.36 bits per heavy atom. The molecule has 0 bridgehead atoms. The molecule has 1 amide bonds. The van der Waals surface area contributed by atoms with Crippen molar-refractivity contribution in [1.82, 2.24) is 4.98 Å². The molecule has 1 aromatic rings. The minimum absolute atomic E-state index is 0.441. The Labute approximate surface area is 100 Å². The molecular weight excluding hydrogens is 267 g/mol. The van der Waals surface area contributed by atoms with Gasteiger partial charge in [0, 0.05) is 4.88 Å². The third kappa shape index (κ3) is 2.98. The van der Waals surface area contributed by atoms with Crippen molar-refractivity contribution in [2.75, 3.05) is 5.32 Å². The van der Waals surface area contributed by atoms with Crippen molar-refractivity contribution in [2.24, 2.45) is 0 Å². The largest absolute Gasteiger partial charge is 0.298 e. The number of nitrogens with zero attached hydrogens (tertiary/aromatic N) is 1. The Morgan fingerprint density at radius 1 is 1.43 bits per heavy atom. The van der Waals surface area contributed by atoms with Crippen molar-refractivity contribution >= 4 is 57.2 Å². The number of anilines is 1. The number of carbonyl (C=O) groups is 1. The Kier molecular flexibility index (Phi) is 3.63. The summed E-state index contributed by atoms with van der Waals surface area (Å²) >= 11 is 17.5. The zero-order valence-electron chi connectivity index (χ0n) is 7.40. The molecule has 0 aliphatic rings. The highest BCUT2D eigenvalue weighted by molar-refractivity contribution is 7.15. The van der Waals surface area contributed by atoms with Gasteiger partial charge in [-0.3, -0.25) is 10.1 Å². The molecule has 1 heterocycles. The van der Waals surface area contributed by atoms with E-state index in [1.54, 1.807) is 0 Å². The summed E-state index contributed by atoms with van der Waals surface area (Å²) in [5, 5.41) is 2.86. The van der Waals surface area contributed by atoms with Crippen molar-refractivity contribution < 1.29 is 4.79 Å². The van der Waals surface area contributed by atoms with Crippen LogP contribution in [0.5, 0.6) is 0 Å². The summed E-state index contributed by atoms with van der Waals surface area (Å²) in [6.45, 7) is 3.74. The Bertz CT molecular complexity index is 339. The molecule has 0 spiro atoms. The van der Waals surface area contributed by atoms with E-state index in [-0.39, 0.29) is 0 Å². The lowest BCUT2D eigenvalue weighted by molar-refractivity contribution is -0.115. The Morgan fingerprint density at radius 2 is 2.00 bits per heavy atom. The van der Waals surface area contributed by atoms with Crippen LogP contribution in [-0.4, -0.2) is 14.7 Å². The molecular formula is C7H7Cl3N2OS. The van der Waals surface area contributed by atoms with Crippen LogP contribution < -0.4 is 5.32 Å². The highest BCUT2D eigenvalue weighted by Gasteiger charge is 2.31. The first-order valence-electron chi connectivity index (χ1n) is 3.63. The van der Waals surface area contributed by atoms with Crippen LogP contribution in [0.1, 0.15) is 10.6 Å². The fraction of sp³-hybridized carbons (Fsp3) is 0.429. The monoisotopic (exact) mass is 272 g/mol. The smallest absolute Gasteiger partial charge is 0.278 e. The number of aryl methyl sites for hydroxylation is 2. The Balaban J connectivity index is 2.75. The van der Waals surface area contributed by atoms with Crippen LogP contribution in [-0.2, 0) is 4.79 Å². The summed E-state index contributed by atoms with van der Waals surface area (Å²) in [6.07, 6.45) is 0. The number of nitrogens with one attached hydrogen (secondary N) is 1. The quantitative estimate of drug-likeness (QED) is 0.799. The maximum absolute atomic E-state index is 11.2. The van der Waals surface area contributed by atoms with Crippen molar-refractivity contribution in [3.05, 3.63) is 10.6 Å². The molecule has 0 atom stereocenters. The average molecular weight is 274 g/mol. The lowest BCUT2D eigenvalue weighted by atomic mass is 10.4. The van der Waals surface area contributed by atoms with Gasteiger partial charge in [-0.2, -0.15) is 0 Å². The molecule has 1 aromatic heterocycles. The molecule has 0 fully saturated rings. The van der Waals surface area contributed by atoms with Gasteiger partial charge in [0.25, 0.3) is 9.70 Å². The van der Waals surface area contributed by atoms with Gasteiger partial charge in [-0.15, -0.1) is 11.3 Å². The molecule has 78 valence electrons. The second-order valence-corrected chi connectivity index (χ2v) is 6.10. The number of amides is 1. The van der Waals surface area contributed by atoms with E-state index in [2.05, 4.69) is 10.3 Å². The zero-order valence-corrected chi connectivity index (χ0v) is 10.5. The number of aromatic nitrogens is 1. The number of alkyl halides is 3. The van der Waals surface area contributed by atoms with Gasteiger partial charge >= 0.3 is 0 Å². The summed E-state index contributed by atoms with van der Waals surface area (Å²) in [6, 6.07) is 0. The van der Waals surface area contributed by atoms with E-state index in [4.69, 9.17) is 34.8 Å². The normalized spacial score (nSPS) is 11.5. The molecule has 0 radical (unpaired) electrons. The lowest BCUT2D eigenvalue weighted by Gasteiger charge is -2.08. The maximum atomic E-state index is 11.2. The van der Waals surface area contributed by atoms with Crippen LogP contribution in [0, 0.1) is 13.8 Å². The maximum Gasteiger partial charge on any atom is 0.278 e. The van der Waals surface area contributed by atoms with E-state index in [1.165, 1.54) is 11.3 Å². The molecule has 0 saturated heterocycles. The highest BCUT2D eigenvalue weighted by atomic mass is 35.6. The molecule has 3 nitrogen and oxygen atoms in total. The number of carbonyl (C=O) groups excluding carboxylic acids is 1. The van der Waals surface area contributed by atoms with Crippen LogP contribution in [0.4, 0.5) is 5.13 Å². The fourth-order valence-electron chi connectivity index (χ4n) is 0.694. The van der Waals surface area contributed by atoms with E-state index in [9.17, 15) is 4.79 Å². The van der Waals surface area contributed by atoms with E-state index in [0.29, 0.717) is 5.13 Å². The predicted octanol–water partition coefficient (Wildman–Crippen LogP) is 3.07.